The van der Waals surface area contributed by atoms with Gasteiger partial charge in [0.15, 0.2) is 0 Å². The third-order valence-electron chi connectivity index (χ3n) is 2.07. The van der Waals surface area contributed by atoms with Gasteiger partial charge in [-0.15, -0.1) is 0 Å². The Kier molecular flexibility index (Phi) is 4.38. The zero-order valence-electron chi connectivity index (χ0n) is 9.77. The van der Waals surface area contributed by atoms with E-state index >= 15 is 0 Å². The molecule has 0 aliphatic heterocycles. The molecule has 0 aromatic carbocycles. The third-order valence-corrected chi connectivity index (χ3v) is 3.30. The summed E-state index contributed by atoms with van der Waals surface area (Å²) in [6.45, 7) is 4.52. The van der Waals surface area contributed by atoms with Crippen LogP contribution in [-0.2, 0) is 22.8 Å². The number of nitrogens with zero attached hydrogens (tertiary/aromatic N) is 2. The van der Waals surface area contributed by atoms with Crippen LogP contribution in [0.4, 0.5) is 0 Å². The molecule has 0 saturated heterocycles. The number of hydrogen-bond acceptors (Lipinski definition) is 3. The van der Waals surface area contributed by atoms with Crippen molar-refractivity contribution < 1.29 is 8.42 Å². The monoisotopic (exact) mass is 264 g/mol. The van der Waals surface area contributed by atoms with E-state index in [4.69, 9.17) is 11.6 Å². The minimum absolute atomic E-state index is 0.0650. The lowest BCUT2D eigenvalue weighted by molar-refractivity contribution is 0.577. The second kappa shape index (κ2) is 5.19. The fourth-order valence-electron chi connectivity index (χ4n) is 1.37. The Balaban J connectivity index is 2.70. The lowest BCUT2D eigenvalue weighted by atomic mass is 10.1. The first-order valence-corrected chi connectivity index (χ1v) is 7.62. The van der Waals surface area contributed by atoms with E-state index in [0.717, 1.165) is 12.1 Å². The maximum atomic E-state index is 11.0. The molecule has 0 aliphatic rings. The van der Waals surface area contributed by atoms with Crippen molar-refractivity contribution in [1.29, 1.82) is 0 Å². The number of hydrogen-bond donors (Lipinski definition) is 0. The number of aromatic nitrogens is 2. The zero-order valence-corrected chi connectivity index (χ0v) is 11.3. The standard InChI is InChI=1S/C10H17ClN2O2S/c1-8(2)6-9-7-10(11)13(12-9)4-5-16(3,14)15/h7-8H,4-6H2,1-3H3. The van der Waals surface area contributed by atoms with Crippen molar-refractivity contribution in [2.24, 2.45) is 5.92 Å². The van der Waals surface area contributed by atoms with Crippen molar-refractivity contribution in [3.63, 3.8) is 0 Å². The van der Waals surface area contributed by atoms with Crippen molar-refractivity contribution in [3.8, 4) is 0 Å². The quantitative estimate of drug-likeness (QED) is 0.815. The Labute approximate surface area is 102 Å². The van der Waals surface area contributed by atoms with E-state index in [1.165, 1.54) is 6.26 Å². The smallest absolute Gasteiger partial charge is 0.149 e. The van der Waals surface area contributed by atoms with E-state index in [9.17, 15) is 8.42 Å². The fraction of sp³-hybridized carbons (Fsp3) is 0.700. The SMILES string of the molecule is CC(C)Cc1cc(Cl)n(CCS(C)(=O)=O)n1. The molecule has 0 spiro atoms. The average molecular weight is 265 g/mol. The van der Waals surface area contributed by atoms with Crippen LogP contribution in [0.3, 0.4) is 0 Å². The highest BCUT2D eigenvalue weighted by molar-refractivity contribution is 7.90. The molecule has 1 aromatic heterocycles. The average Bonchev–Trinajstić information content (AvgIpc) is 2.40. The first-order valence-electron chi connectivity index (χ1n) is 5.18. The summed E-state index contributed by atoms with van der Waals surface area (Å²) in [6.07, 6.45) is 2.06. The van der Waals surface area contributed by atoms with Crippen LogP contribution < -0.4 is 0 Å². The molecule has 1 rings (SSSR count). The van der Waals surface area contributed by atoms with Crippen LogP contribution in [0.1, 0.15) is 19.5 Å². The van der Waals surface area contributed by atoms with E-state index in [1.807, 2.05) is 0 Å². The van der Waals surface area contributed by atoms with Gasteiger partial charge in [0, 0.05) is 6.26 Å². The first kappa shape index (κ1) is 13.5. The van der Waals surface area contributed by atoms with Gasteiger partial charge in [-0.3, -0.25) is 4.68 Å². The van der Waals surface area contributed by atoms with Gasteiger partial charge in [0.05, 0.1) is 18.0 Å². The highest BCUT2D eigenvalue weighted by Gasteiger charge is 2.09. The molecule has 0 N–H and O–H groups in total. The van der Waals surface area contributed by atoms with Crippen LogP contribution in [0.2, 0.25) is 5.15 Å². The van der Waals surface area contributed by atoms with Crippen LogP contribution >= 0.6 is 11.6 Å². The van der Waals surface area contributed by atoms with Gasteiger partial charge in [0.1, 0.15) is 15.0 Å². The molecule has 0 bridgehead atoms. The summed E-state index contributed by atoms with van der Waals surface area (Å²) in [7, 11) is -2.97. The Morgan fingerprint density at radius 3 is 2.62 bits per heavy atom. The van der Waals surface area contributed by atoms with Gasteiger partial charge in [-0.25, -0.2) is 8.42 Å². The van der Waals surface area contributed by atoms with Gasteiger partial charge in [-0.2, -0.15) is 5.10 Å². The van der Waals surface area contributed by atoms with Crippen molar-refractivity contribution in [1.82, 2.24) is 9.78 Å². The molecule has 0 radical (unpaired) electrons. The summed E-state index contributed by atoms with van der Waals surface area (Å²) in [6, 6.07) is 1.80. The molecule has 0 amide bonds. The van der Waals surface area contributed by atoms with Crippen LogP contribution in [0.15, 0.2) is 6.07 Å². The summed E-state index contributed by atoms with van der Waals surface area (Å²) in [4.78, 5) is 0. The number of rotatable bonds is 5. The van der Waals surface area contributed by atoms with Gasteiger partial charge in [0.2, 0.25) is 0 Å². The van der Waals surface area contributed by atoms with Gasteiger partial charge < -0.3 is 0 Å². The van der Waals surface area contributed by atoms with Gasteiger partial charge in [0.25, 0.3) is 0 Å². The summed E-state index contributed by atoms with van der Waals surface area (Å²) in [5.74, 6) is 0.574. The van der Waals surface area contributed by atoms with Crippen molar-refractivity contribution in [3.05, 3.63) is 16.9 Å². The topological polar surface area (TPSA) is 52.0 Å². The highest BCUT2D eigenvalue weighted by atomic mass is 35.5. The van der Waals surface area contributed by atoms with Gasteiger partial charge in [-0.05, 0) is 18.4 Å². The Hall–Kier alpha value is -0.550. The molecule has 0 saturated carbocycles. The second-order valence-corrected chi connectivity index (χ2v) is 7.06. The molecule has 16 heavy (non-hydrogen) atoms. The van der Waals surface area contributed by atoms with Gasteiger partial charge >= 0.3 is 0 Å². The molecular weight excluding hydrogens is 248 g/mol. The number of aryl methyl sites for hydroxylation is 1. The molecule has 92 valence electrons. The fourth-order valence-corrected chi connectivity index (χ4v) is 2.12. The Morgan fingerprint density at radius 2 is 2.12 bits per heavy atom. The molecule has 0 fully saturated rings. The molecular formula is C10H17ClN2O2S. The summed E-state index contributed by atoms with van der Waals surface area (Å²) in [5.41, 5.74) is 0.911. The summed E-state index contributed by atoms with van der Waals surface area (Å²) < 4.78 is 23.6. The Morgan fingerprint density at radius 1 is 1.50 bits per heavy atom. The lowest BCUT2D eigenvalue weighted by Gasteiger charge is -2.02. The van der Waals surface area contributed by atoms with Crippen molar-refractivity contribution in [2.75, 3.05) is 12.0 Å². The minimum atomic E-state index is -2.97. The van der Waals surface area contributed by atoms with Crippen LogP contribution in [0.25, 0.3) is 0 Å². The Bertz CT molecular complexity index is 451. The number of sulfone groups is 1. The van der Waals surface area contributed by atoms with Crippen LogP contribution in [0.5, 0.6) is 0 Å². The highest BCUT2D eigenvalue weighted by Crippen LogP contribution is 2.14. The molecule has 6 heteroatoms. The third kappa shape index (κ3) is 4.53. The predicted molar refractivity (Wildman–Crippen MR) is 65.5 cm³/mol. The molecule has 0 aliphatic carbocycles. The molecule has 0 atom stereocenters. The lowest BCUT2D eigenvalue weighted by Crippen LogP contribution is -2.12. The largest absolute Gasteiger partial charge is 0.253 e. The van der Waals surface area contributed by atoms with Crippen molar-refractivity contribution >= 4 is 21.4 Å². The molecule has 0 unspecified atom stereocenters. The zero-order chi connectivity index (χ0) is 12.3. The molecule has 4 nitrogen and oxygen atoms in total. The maximum Gasteiger partial charge on any atom is 0.149 e. The first-order chi connectivity index (χ1) is 7.28. The summed E-state index contributed by atoms with van der Waals surface area (Å²) >= 11 is 5.96. The maximum absolute atomic E-state index is 11.0. The van der Waals surface area contributed by atoms with E-state index in [0.29, 0.717) is 17.6 Å². The van der Waals surface area contributed by atoms with Crippen LogP contribution in [0, 0.1) is 5.92 Å². The molecule has 1 aromatic rings. The van der Waals surface area contributed by atoms with Crippen molar-refractivity contribution in [2.45, 2.75) is 26.8 Å². The minimum Gasteiger partial charge on any atom is -0.253 e. The van der Waals surface area contributed by atoms with E-state index in [-0.39, 0.29) is 5.75 Å². The molecule has 1 heterocycles. The van der Waals surface area contributed by atoms with Gasteiger partial charge in [-0.1, -0.05) is 25.4 Å². The van der Waals surface area contributed by atoms with E-state index in [1.54, 1.807) is 10.7 Å². The van der Waals surface area contributed by atoms with E-state index in [2.05, 4.69) is 18.9 Å². The number of halogens is 1. The normalized spacial score (nSPS) is 12.3. The summed E-state index contributed by atoms with van der Waals surface area (Å²) in [5, 5.41) is 4.77. The van der Waals surface area contributed by atoms with E-state index < -0.39 is 9.84 Å². The predicted octanol–water partition coefficient (Wildman–Crippen LogP) is 1.78. The van der Waals surface area contributed by atoms with Crippen LogP contribution in [-0.4, -0.2) is 30.2 Å². The second-order valence-electron chi connectivity index (χ2n) is 4.41.